The van der Waals surface area contributed by atoms with Crippen molar-refractivity contribution < 1.29 is 13.5 Å². The first-order valence-electron chi connectivity index (χ1n) is 3.90. The first-order valence-corrected chi connectivity index (χ1v) is 5.93. The highest BCUT2D eigenvalue weighted by Crippen LogP contribution is 2.35. The van der Waals surface area contributed by atoms with Gasteiger partial charge in [0.05, 0.1) is 16.5 Å². The van der Waals surface area contributed by atoms with E-state index in [9.17, 15) is 13.5 Å². The summed E-state index contributed by atoms with van der Waals surface area (Å²) in [7, 11) is -3.54. The molecule has 0 saturated carbocycles. The van der Waals surface area contributed by atoms with Gasteiger partial charge in [0.2, 0.25) is 0 Å². The van der Waals surface area contributed by atoms with Gasteiger partial charge in [-0.15, -0.1) is 0 Å². The molecule has 6 heteroatoms. The van der Waals surface area contributed by atoms with Gasteiger partial charge in [-0.25, -0.2) is 8.42 Å². The van der Waals surface area contributed by atoms with Crippen molar-refractivity contribution in [2.75, 3.05) is 11.5 Å². The minimum Gasteiger partial charge on any atom is -0.504 e. The summed E-state index contributed by atoms with van der Waals surface area (Å²) >= 11 is 5.67. The minimum absolute atomic E-state index is 0.00132. The number of anilines is 1. The summed E-state index contributed by atoms with van der Waals surface area (Å²) in [6, 6.07) is 2.70. The zero-order valence-electron chi connectivity index (χ0n) is 7.49. The summed E-state index contributed by atoms with van der Waals surface area (Å²) in [5.74, 6) is -0.608. The normalized spacial score (nSPS) is 11.6. The van der Waals surface area contributed by atoms with E-state index in [4.69, 9.17) is 17.3 Å². The molecular formula is C8H10ClNO3S. The average molecular weight is 236 g/mol. The first-order chi connectivity index (χ1) is 6.40. The minimum atomic E-state index is -3.54. The molecule has 0 aromatic heterocycles. The largest absolute Gasteiger partial charge is 0.504 e. The molecule has 78 valence electrons. The summed E-state index contributed by atoms with van der Waals surface area (Å²) in [4.78, 5) is -0.290. The average Bonchev–Trinajstić information content (AvgIpc) is 2.12. The highest BCUT2D eigenvalue weighted by atomic mass is 35.5. The molecule has 1 rings (SSSR count). The quantitative estimate of drug-likeness (QED) is 0.600. The lowest BCUT2D eigenvalue weighted by Crippen LogP contribution is -2.06. The van der Waals surface area contributed by atoms with Gasteiger partial charge in [0, 0.05) is 0 Å². The Kier molecular flexibility index (Phi) is 2.92. The predicted octanol–water partition coefficient (Wildman–Crippen LogP) is 1.42. The molecule has 0 bridgehead atoms. The van der Waals surface area contributed by atoms with Crippen LogP contribution in [0.4, 0.5) is 5.69 Å². The number of nitrogen functional groups attached to an aromatic ring is 1. The number of hydrogen-bond donors (Lipinski definition) is 2. The SMILES string of the molecule is CCS(=O)(=O)c1c(Cl)ccc(N)c1O. The van der Waals surface area contributed by atoms with Crippen LogP contribution >= 0.6 is 11.6 Å². The number of rotatable bonds is 2. The van der Waals surface area contributed by atoms with Crippen LogP contribution in [0.5, 0.6) is 5.75 Å². The van der Waals surface area contributed by atoms with Crippen molar-refractivity contribution in [1.29, 1.82) is 0 Å². The molecule has 0 heterocycles. The van der Waals surface area contributed by atoms with Gasteiger partial charge in [0.25, 0.3) is 0 Å². The van der Waals surface area contributed by atoms with Crippen LogP contribution in [0.2, 0.25) is 5.02 Å². The number of hydrogen-bond acceptors (Lipinski definition) is 4. The van der Waals surface area contributed by atoms with E-state index in [0.29, 0.717) is 0 Å². The summed E-state index contributed by atoms with van der Waals surface area (Å²) in [6.07, 6.45) is 0. The van der Waals surface area contributed by atoms with Crippen molar-refractivity contribution in [1.82, 2.24) is 0 Å². The third kappa shape index (κ3) is 1.78. The Hall–Kier alpha value is -0.940. The van der Waals surface area contributed by atoms with Crippen LogP contribution in [0, 0.1) is 0 Å². The molecule has 0 aliphatic carbocycles. The zero-order chi connectivity index (χ0) is 10.9. The molecule has 0 unspecified atom stereocenters. The summed E-state index contributed by atoms with van der Waals surface area (Å²) in [5.41, 5.74) is 5.37. The molecule has 0 saturated heterocycles. The van der Waals surface area contributed by atoms with E-state index in [1.165, 1.54) is 19.1 Å². The number of benzene rings is 1. The fraction of sp³-hybridized carbons (Fsp3) is 0.250. The smallest absolute Gasteiger partial charge is 0.183 e. The van der Waals surface area contributed by atoms with Gasteiger partial charge in [-0.05, 0) is 12.1 Å². The highest BCUT2D eigenvalue weighted by molar-refractivity contribution is 7.91. The molecule has 0 aliphatic heterocycles. The summed E-state index contributed by atoms with van der Waals surface area (Å²) in [5, 5.41) is 9.44. The van der Waals surface area contributed by atoms with Crippen molar-refractivity contribution in [2.24, 2.45) is 0 Å². The monoisotopic (exact) mass is 235 g/mol. The maximum absolute atomic E-state index is 11.5. The number of aromatic hydroxyl groups is 1. The van der Waals surface area contributed by atoms with Crippen LogP contribution in [0.1, 0.15) is 6.92 Å². The Morgan fingerprint density at radius 1 is 1.50 bits per heavy atom. The van der Waals surface area contributed by atoms with E-state index in [1.807, 2.05) is 0 Å². The topological polar surface area (TPSA) is 80.4 Å². The lowest BCUT2D eigenvalue weighted by Gasteiger charge is -2.08. The molecule has 0 amide bonds. The maximum atomic E-state index is 11.5. The summed E-state index contributed by atoms with van der Waals surface area (Å²) in [6.45, 7) is 1.47. The van der Waals surface area contributed by atoms with Gasteiger partial charge in [-0.2, -0.15) is 0 Å². The van der Waals surface area contributed by atoms with E-state index in [2.05, 4.69) is 0 Å². The molecule has 1 aromatic rings. The molecule has 14 heavy (non-hydrogen) atoms. The van der Waals surface area contributed by atoms with E-state index in [1.54, 1.807) is 0 Å². The van der Waals surface area contributed by atoms with E-state index >= 15 is 0 Å². The Labute approximate surface area is 87.2 Å². The molecule has 0 aliphatic rings. The number of phenolic OH excluding ortho intramolecular Hbond substituents is 1. The lowest BCUT2D eigenvalue weighted by molar-refractivity contribution is 0.461. The second-order valence-corrected chi connectivity index (χ2v) is 5.34. The summed E-state index contributed by atoms with van der Waals surface area (Å²) < 4.78 is 23.0. The second-order valence-electron chi connectivity index (χ2n) is 2.72. The van der Waals surface area contributed by atoms with Crippen LogP contribution in [0.25, 0.3) is 0 Å². The Balaban J connectivity index is 3.56. The standard InChI is InChI=1S/C8H10ClNO3S/c1-2-14(12,13)8-5(9)3-4-6(10)7(8)11/h3-4,11H,2,10H2,1H3. The van der Waals surface area contributed by atoms with Gasteiger partial charge in [0.1, 0.15) is 4.90 Å². The van der Waals surface area contributed by atoms with Crippen LogP contribution in [-0.2, 0) is 9.84 Å². The number of phenols is 1. The molecular weight excluding hydrogens is 226 g/mol. The van der Waals surface area contributed by atoms with Crippen LogP contribution in [0.3, 0.4) is 0 Å². The van der Waals surface area contributed by atoms with Crippen LogP contribution in [-0.4, -0.2) is 19.3 Å². The molecule has 3 N–H and O–H groups in total. The van der Waals surface area contributed by atoms with Crippen molar-refractivity contribution >= 4 is 27.1 Å². The molecule has 4 nitrogen and oxygen atoms in total. The van der Waals surface area contributed by atoms with Crippen molar-refractivity contribution in [3.8, 4) is 5.75 Å². The maximum Gasteiger partial charge on any atom is 0.183 e. The van der Waals surface area contributed by atoms with E-state index < -0.39 is 15.6 Å². The number of nitrogens with two attached hydrogens (primary N) is 1. The number of halogens is 1. The fourth-order valence-corrected chi connectivity index (χ4v) is 2.57. The third-order valence-electron chi connectivity index (χ3n) is 1.81. The van der Waals surface area contributed by atoms with Gasteiger partial charge in [0.15, 0.2) is 15.6 Å². The zero-order valence-corrected chi connectivity index (χ0v) is 9.06. The van der Waals surface area contributed by atoms with Gasteiger partial charge in [-0.1, -0.05) is 18.5 Å². The van der Waals surface area contributed by atoms with Crippen molar-refractivity contribution in [3.05, 3.63) is 17.2 Å². The molecule has 0 atom stereocenters. The van der Waals surface area contributed by atoms with Gasteiger partial charge in [-0.3, -0.25) is 0 Å². The second kappa shape index (κ2) is 3.67. The van der Waals surface area contributed by atoms with Crippen LogP contribution in [0.15, 0.2) is 17.0 Å². The third-order valence-corrected chi connectivity index (χ3v) is 4.03. The van der Waals surface area contributed by atoms with Gasteiger partial charge >= 0.3 is 0 Å². The molecule has 0 fully saturated rings. The fourth-order valence-electron chi connectivity index (χ4n) is 1.00. The Morgan fingerprint density at radius 2 is 2.07 bits per heavy atom. The van der Waals surface area contributed by atoms with Gasteiger partial charge < -0.3 is 10.8 Å². The van der Waals surface area contributed by atoms with Crippen molar-refractivity contribution in [2.45, 2.75) is 11.8 Å². The molecule has 1 aromatic carbocycles. The predicted molar refractivity (Wildman–Crippen MR) is 55.3 cm³/mol. The first kappa shape index (κ1) is 11.1. The lowest BCUT2D eigenvalue weighted by atomic mass is 10.3. The molecule has 0 spiro atoms. The molecule has 0 radical (unpaired) electrons. The Bertz CT molecular complexity index is 456. The Morgan fingerprint density at radius 3 is 2.57 bits per heavy atom. The van der Waals surface area contributed by atoms with Crippen LogP contribution < -0.4 is 5.73 Å². The van der Waals surface area contributed by atoms with E-state index in [-0.39, 0.29) is 21.4 Å². The number of sulfone groups is 1. The van der Waals surface area contributed by atoms with E-state index in [0.717, 1.165) is 0 Å². The van der Waals surface area contributed by atoms with Crippen molar-refractivity contribution in [3.63, 3.8) is 0 Å². The highest BCUT2D eigenvalue weighted by Gasteiger charge is 2.21.